The third-order valence-electron chi connectivity index (χ3n) is 6.13. The molecule has 0 aliphatic heterocycles. The van der Waals surface area contributed by atoms with Gasteiger partial charge in [0.1, 0.15) is 11.7 Å². The Balaban J connectivity index is 2.29. The summed E-state index contributed by atoms with van der Waals surface area (Å²) in [4.78, 5) is 25.7. The summed E-state index contributed by atoms with van der Waals surface area (Å²) in [5.41, 5.74) is 0.244. The number of rotatable bonds is 10. The van der Waals surface area contributed by atoms with E-state index in [0.717, 1.165) is 12.8 Å². The average molecular weight is 425 g/mol. The summed E-state index contributed by atoms with van der Waals surface area (Å²) >= 11 is 0. The smallest absolute Gasteiger partial charge is 0.338 e. The van der Waals surface area contributed by atoms with Gasteiger partial charge in [0.05, 0.1) is 11.1 Å². The second-order valence-electron chi connectivity index (χ2n) is 9.15. The largest absolute Gasteiger partial charge is 0.459 e. The summed E-state index contributed by atoms with van der Waals surface area (Å²) in [5, 5.41) is 0. The Kier molecular flexibility index (Phi) is 8.85. The maximum Gasteiger partial charge on any atom is 0.338 e. The van der Waals surface area contributed by atoms with Crippen molar-refractivity contribution in [3.05, 3.63) is 71.8 Å². The molecule has 168 valence electrons. The Labute approximate surface area is 187 Å². The normalized spacial score (nSPS) is 15.2. The number of esters is 2. The van der Waals surface area contributed by atoms with Crippen molar-refractivity contribution in [1.29, 1.82) is 0 Å². The first-order valence-corrected chi connectivity index (χ1v) is 11.2. The Morgan fingerprint density at radius 3 is 1.71 bits per heavy atom. The number of benzene rings is 2. The van der Waals surface area contributed by atoms with Gasteiger partial charge >= 0.3 is 11.9 Å². The summed E-state index contributed by atoms with van der Waals surface area (Å²) in [5.74, 6) is -0.331. The van der Waals surface area contributed by atoms with Crippen LogP contribution >= 0.6 is 0 Å². The zero-order valence-electron chi connectivity index (χ0n) is 19.6. The molecule has 0 aliphatic rings. The summed E-state index contributed by atoms with van der Waals surface area (Å²) in [6.45, 7) is 12.3. The van der Waals surface area contributed by atoms with E-state index >= 15 is 0 Å². The van der Waals surface area contributed by atoms with Crippen LogP contribution in [0.15, 0.2) is 60.7 Å². The molecule has 0 radical (unpaired) electrons. The third-order valence-corrected chi connectivity index (χ3v) is 6.13. The van der Waals surface area contributed by atoms with Gasteiger partial charge in [-0.2, -0.15) is 0 Å². The van der Waals surface area contributed by atoms with E-state index in [1.165, 1.54) is 0 Å². The zero-order valence-corrected chi connectivity index (χ0v) is 19.6. The lowest BCUT2D eigenvalue weighted by atomic mass is 9.74. The minimum Gasteiger partial charge on any atom is -0.459 e. The van der Waals surface area contributed by atoms with Gasteiger partial charge in [-0.1, -0.05) is 70.5 Å². The van der Waals surface area contributed by atoms with Crippen LogP contribution in [0.1, 0.15) is 75.1 Å². The molecule has 4 nitrogen and oxygen atoms in total. The monoisotopic (exact) mass is 424 g/mol. The molecule has 0 fully saturated rings. The van der Waals surface area contributed by atoms with E-state index in [1.54, 1.807) is 24.3 Å². The van der Waals surface area contributed by atoms with E-state index in [2.05, 4.69) is 13.8 Å². The molecule has 4 heteroatoms. The number of carbonyl (C=O) groups is 2. The van der Waals surface area contributed by atoms with Gasteiger partial charge in [-0.05, 0) is 56.4 Å². The molecule has 0 saturated carbocycles. The van der Waals surface area contributed by atoms with Crippen molar-refractivity contribution in [3.63, 3.8) is 0 Å². The second kappa shape index (κ2) is 11.1. The second-order valence-corrected chi connectivity index (χ2v) is 9.15. The van der Waals surface area contributed by atoms with E-state index in [1.807, 2.05) is 64.1 Å². The van der Waals surface area contributed by atoms with E-state index in [0.29, 0.717) is 17.0 Å². The van der Waals surface area contributed by atoms with Crippen LogP contribution in [0.3, 0.4) is 0 Å². The van der Waals surface area contributed by atoms with Crippen LogP contribution in [0.2, 0.25) is 0 Å². The van der Waals surface area contributed by atoms with Crippen molar-refractivity contribution in [3.8, 4) is 0 Å². The van der Waals surface area contributed by atoms with Gasteiger partial charge in [-0.25, -0.2) is 9.59 Å². The first-order valence-electron chi connectivity index (χ1n) is 11.2. The molecule has 0 heterocycles. The lowest BCUT2D eigenvalue weighted by molar-refractivity contribution is -0.104. The number of ether oxygens (including phenoxy) is 2. The van der Waals surface area contributed by atoms with E-state index in [4.69, 9.17) is 9.47 Å². The molecule has 3 atom stereocenters. The molecule has 2 aromatic carbocycles. The molecule has 0 bridgehead atoms. The Hall–Kier alpha value is -2.62. The topological polar surface area (TPSA) is 52.6 Å². The molecule has 31 heavy (non-hydrogen) atoms. The molecule has 3 unspecified atom stereocenters. The van der Waals surface area contributed by atoms with E-state index in [9.17, 15) is 9.59 Å². The Morgan fingerprint density at radius 2 is 1.26 bits per heavy atom. The fourth-order valence-corrected chi connectivity index (χ4v) is 3.85. The lowest BCUT2D eigenvalue weighted by Crippen LogP contribution is -2.49. The number of hydrogen-bond acceptors (Lipinski definition) is 4. The standard InChI is InChI=1S/C27H36O4/c1-19(2)17-18-24(21(5)30-25(28)22-13-9-7-10-14-22)27(6,20(3)4)31-26(29)23-15-11-8-12-16-23/h7-16,19-21,24H,17-18H2,1-6H3. The van der Waals surface area contributed by atoms with Crippen LogP contribution in [0, 0.1) is 17.8 Å². The van der Waals surface area contributed by atoms with Gasteiger partial charge in [0, 0.05) is 5.92 Å². The van der Waals surface area contributed by atoms with Gasteiger partial charge in [0.2, 0.25) is 0 Å². The molecular formula is C27H36O4. The molecule has 0 spiro atoms. The predicted molar refractivity (Wildman–Crippen MR) is 124 cm³/mol. The zero-order chi connectivity index (χ0) is 23.0. The lowest BCUT2D eigenvalue weighted by Gasteiger charge is -2.43. The van der Waals surface area contributed by atoms with E-state index in [-0.39, 0.29) is 23.8 Å². The molecule has 0 N–H and O–H groups in total. The van der Waals surface area contributed by atoms with Gasteiger partial charge < -0.3 is 9.47 Å². The van der Waals surface area contributed by atoms with Crippen LogP contribution < -0.4 is 0 Å². The van der Waals surface area contributed by atoms with Crippen LogP contribution in [0.25, 0.3) is 0 Å². The van der Waals surface area contributed by atoms with Crippen LogP contribution in [0.4, 0.5) is 0 Å². The fourth-order valence-electron chi connectivity index (χ4n) is 3.85. The summed E-state index contributed by atoms with van der Waals surface area (Å²) in [7, 11) is 0. The maximum absolute atomic E-state index is 12.9. The molecule has 0 amide bonds. The maximum atomic E-state index is 12.9. The van der Waals surface area contributed by atoms with E-state index < -0.39 is 11.7 Å². The van der Waals surface area contributed by atoms with Crippen molar-refractivity contribution in [2.24, 2.45) is 17.8 Å². The van der Waals surface area contributed by atoms with Crippen molar-refractivity contribution in [1.82, 2.24) is 0 Å². The average Bonchev–Trinajstić information content (AvgIpc) is 2.74. The number of hydrogen-bond donors (Lipinski definition) is 0. The quantitative estimate of drug-likeness (QED) is 0.406. The minimum atomic E-state index is -0.793. The van der Waals surface area contributed by atoms with Gasteiger partial charge in [-0.15, -0.1) is 0 Å². The summed E-state index contributed by atoms with van der Waals surface area (Å²) in [6.07, 6.45) is 1.32. The van der Waals surface area contributed by atoms with Crippen molar-refractivity contribution >= 4 is 11.9 Å². The summed E-state index contributed by atoms with van der Waals surface area (Å²) < 4.78 is 12.0. The van der Waals surface area contributed by atoms with Crippen LogP contribution in [-0.4, -0.2) is 23.6 Å². The van der Waals surface area contributed by atoms with Gasteiger partial charge in [-0.3, -0.25) is 0 Å². The SMILES string of the molecule is CC(C)CCC(C(C)OC(=O)c1ccccc1)C(C)(OC(=O)c1ccccc1)C(C)C. The Morgan fingerprint density at radius 1 is 0.774 bits per heavy atom. The predicted octanol–water partition coefficient (Wildman–Crippen LogP) is 6.56. The number of carbonyl (C=O) groups excluding carboxylic acids is 2. The van der Waals surface area contributed by atoms with Gasteiger partial charge in [0.25, 0.3) is 0 Å². The molecule has 0 aliphatic carbocycles. The molecular weight excluding hydrogens is 388 g/mol. The molecule has 2 rings (SSSR count). The molecule has 2 aromatic rings. The highest BCUT2D eigenvalue weighted by Crippen LogP contribution is 2.38. The highest BCUT2D eigenvalue weighted by molar-refractivity contribution is 5.90. The Bertz CT molecular complexity index is 829. The first-order chi connectivity index (χ1) is 14.6. The molecule has 0 aromatic heterocycles. The van der Waals surface area contributed by atoms with Crippen LogP contribution in [0.5, 0.6) is 0 Å². The first kappa shape index (κ1) is 24.6. The van der Waals surface area contributed by atoms with Gasteiger partial charge in [0.15, 0.2) is 0 Å². The van der Waals surface area contributed by atoms with Crippen LogP contribution in [-0.2, 0) is 9.47 Å². The van der Waals surface area contributed by atoms with Crippen molar-refractivity contribution < 1.29 is 19.1 Å². The fraction of sp³-hybridized carbons (Fsp3) is 0.481. The van der Waals surface area contributed by atoms with Crippen molar-refractivity contribution in [2.45, 2.75) is 66.1 Å². The van der Waals surface area contributed by atoms with Crippen molar-refractivity contribution in [2.75, 3.05) is 0 Å². The third kappa shape index (κ3) is 6.68. The molecule has 0 saturated heterocycles. The summed E-state index contributed by atoms with van der Waals surface area (Å²) in [6, 6.07) is 18.0. The minimum absolute atomic E-state index is 0.0372. The highest BCUT2D eigenvalue weighted by Gasteiger charge is 2.45. The highest BCUT2D eigenvalue weighted by atomic mass is 16.6.